The first kappa shape index (κ1) is 13.3. The van der Waals surface area contributed by atoms with Gasteiger partial charge < -0.3 is 15.4 Å². The predicted molar refractivity (Wildman–Crippen MR) is 67.0 cm³/mol. The second-order valence-electron chi connectivity index (χ2n) is 4.60. The van der Waals surface area contributed by atoms with Gasteiger partial charge in [-0.05, 0) is 32.9 Å². The van der Waals surface area contributed by atoms with E-state index in [0.29, 0.717) is 13.1 Å². The lowest BCUT2D eigenvalue weighted by Crippen LogP contribution is -2.34. The average molecular weight is 237 g/mol. The number of nitrogens with zero attached hydrogens (tertiary/aromatic N) is 1. The summed E-state index contributed by atoms with van der Waals surface area (Å²) in [5.41, 5.74) is 0.472. The highest BCUT2D eigenvalue weighted by atomic mass is 16.6. The third-order valence-electron chi connectivity index (χ3n) is 1.78. The van der Waals surface area contributed by atoms with Gasteiger partial charge >= 0.3 is 6.09 Å². The van der Waals surface area contributed by atoms with Gasteiger partial charge in [0.2, 0.25) is 0 Å². The fourth-order valence-electron chi connectivity index (χ4n) is 1.15. The molecule has 1 aromatic heterocycles. The largest absolute Gasteiger partial charge is 0.444 e. The van der Waals surface area contributed by atoms with Crippen LogP contribution in [0.25, 0.3) is 0 Å². The Labute approximate surface area is 102 Å². The maximum Gasteiger partial charge on any atom is 0.407 e. The van der Waals surface area contributed by atoms with Gasteiger partial charge in [-0.25, -0.2) is 4.79 Å². The van der Waals surface area contributed by atoms with E-state index in [1.807, 2.05) is 32.9 Å². The first-order valence-corrected chi connectivity index (χ1v) is 5.58. The number of nitrogens with one attached hydrogen (secondary N) is 2. The van der Waals surface area contributed by atoms with E-state index >= 15 is 0 Å². The SMILES string of the molecule is CC(C)(C)OC(=O)NCCNc1cccnc1. The molecule has 0 aromatic carbocycles. The van der Waals surface area contributed by atoms with E-state index in [9.17, 15) is 4.79 Å². The number of carbonyl (C=O) groups is 1. The van der Waals surface area contributed by atoms with E-state index in [2.05, 4.69) is 15.6 Å². The molecule has 1 rings (SSSR count). The Balaban J connectivity index is 2.14. The molecule has 0 saturated carbocycles. The van der Waals surface area contributed by atoms with Crippen molar-refractivity contribution in [2.45, 2.75) is 26.4 Å². The predicted octanol–water partition coefficient (Wildman–Crippen LogP) is 2.02. The number of aromatic nitrogens is 1. The number of amides is 1. The first-order chi connectivity index (χ1) is 7.97. The number of rotatable bonds is 4. The molecule has 0 aliphatic carbocycles. The molecule has 94 valence electrons. The van der Waals surface area contributed by atoms with Crippen LogP contribution in [-0.4, -0.2) is 29.8 Å². The van der Waals surface area contributed by atoms with Crippen molar-refractivity contribution in [3.05, 3.63) is 24.5 Å². The molecule has 0 aliphatic rings. The molecule has 2 N–H and O–H groups in total. The van der Waals surface area contributed by atoms with E-state index in [-0.39, 0.29) is 0 Å². The van der Waals surface area contributed by atoms with Crippen LogP contribution in [0.2, 0.25) is 0 Å². The summed E-state index contributed by atoms with van der Waals surface area (Å²) in [6.45, 7) is 6.64. The van der Waals surface area contributed by atoms with Crippen LogP contribution in [0, 0.1) is 0 Å². The van der Waals surface area contributed by atoms with Crippen LogP contribution in [-0.2, 0) is 4.74 Å². The zero-order chi connectivity index (χ0) is 12.7. The molecule has 0 fully saturated rings. The second-order valence-corrected chi connectivity index (χ2v) is 4.60. The van der Waals surface area contributed by atoms with Gasteiger partial charge in [0.15, 0.2) is 0 Å². The number of hydrogen-bond donors (Lipinski definition) is 2. The van der Waals surface area contributed by atoms with Crippen molar-refractivity contribution in [2.24, 2.45) is 0 Å². The number of carbonyl (C=O) groups excluding carboxylic acids is 1. The molecule has 17 heavy (non-hydrogen) atoms. The fraction of sp³-hybridized carbons (Fsp3) is 0.500. The topological polar surface area (TPSA) is 63.2 Å². The summed E-state index contributed by atoms with van der Waals surface area (Å²) in [5.74, 6) is 0. The Hall–Kier alpha value is -1.78. The van der Waals surface area contributed by atoms with Gasteiger partial charge in [-0.15, -0.1) is 0 Å². The standard InChI is InChI=1S/C12H19N3O2/c1-12(2,3)17-11(16)15-8-7-14-10-5-4-6-13-9-10/h4-6,9,14H,7-8H2,1-3H3,(H,15,16). The van der Waals surface area contributed by atoms with Crippen molar-refractivity contribution in [3.63, 3.8) is 0 Å². The van der Waals surface area contributed by atoms with Crippen LogP contribution < -0.4 is 10.6 Å². The van der Waals surface area contributed by atoms with Gasteiger partial charge in [-0.3, -0.25) is 4.98 Å². The first-order valence-electron chi connectivity index (χ1n) is 5.58. The van der Waals surface area contributed by atoms with Crippen molar-refractivity contribution in [1.82, 2.24) is 10.3 Å². The molecular formula is C12H19N3O2. The summed E-state index contributed by atoms with van der Waals surface area (Å²) in [6, 6.07) is 3.77. The summed E-state index contributed by atoms with van der Waals surface area (Å²) < 4.78 is 5.10. The van der Waals surface area contributed by atoms with Gasteiger partial charge in [0.1, 0.15) is 5.60 Å². The Morgan fingerprint density at radius 1 is 1.41 bits per heavy atom. The zero-order valence-electron chi connectivity index (χ0n) is 10.5. The van der Waals surface area contributed by atoms with Crippen LogP contribution in [0.5, 0.6) is 0 Å². The van der Waals surface area contributed by atoms with Gasteiger partial charge in [-0.1, -0.05) is 0 Å². The van der Waals surface area contributed by atoms with Crippen molar-refractivity contribution >= 4 is 11.8 Å². The van der Waals surface area contributed by atoms with Gasteiger partial charge in [-0.2, -0.15) is 0 Å². The van der Waals surface area contributed by atoms with Crippen LogP contribution in [0.1, 0.15) is 20.8 Å². The van der Waals surface area contributed by atoms with Crippen molar-refractivity contribution in [2.75, 3.05) is 18.4 Å². The van der Waals surface area contributed by atoms with Crippen LogP contribution in [0.3, 0.4) is 0 Å². The molecule has 0 radical (unpaired) electrons. The highest BCUT2D eigenvalue weighted by molar-refractivity contribution is 5.67. The van der Waals surface area contributed by atoms with Crippen molar-refractivity contribution in [3.8, 4) is 0 Å². The van der Waals surface area contributed by atoms with Crippen molar-refractivity contribution < 1.29 is 9.53 Å². The van der Waals surface area contributed by atoms with Crippen LogP contribution in [0.4, 0.5) is 10.5 Å². The third-order valence-corrected chi connectivity index (χ3v) is 1.78. The van der Waals surface area contributed by atoms with E-state index in [1.165, 1.54) is 0 Å². The minimum atomic E-state index is -0.457. The lowest BCUT2D eigenvalue weighted by molar-refractivity contribution is 0.0530. The molecule has 0 aliphatic heterocycles. The molecule has 0 bridgehead atoms. The molecule has 0 unspecified atom stereocenters. The molecule has 1 aromatic rings. The third kappa shape index (κ3) is 6.40. The van der Waals surface area contributed by atoms with Gasteiger partial charge in [0.25, 0.3) is 0 Å². The Kier molecular flexibility index (Phi) is 4.75. The maximum atomic E-state index is 11.3. The average Bonchev–Trinajstić information content (AvgIpc) is 2.23. The number of alkyl carbamates (subject to hydrolysis) is 1. The molecule has 1 amide bonds. The number of anilines is 1. The highest BCUT2D eigenvalue weighted by Gasteiger charge is 2.15. The smallest absolute Gasteiger partial charge is 0.407 e. The van der Waals surface area contributed by atoms with E-state index in [0.717, 1.165) is 5.69 Å². The summed E-state index contributed by atoms with van der Waals surface area (Å²) >= 11 is 0. The molecule has 0 atom stereocenters. The van der Waals surface area contributed by atoms with Crippen LogP contribution >= 0.6 is 0 Å². The summed E-state index contributed by atoms with van der Waals surface area (Å²) in [5, 5.41) is 5.80. The zero-order valence-corrected chi connectivity index (χ0v) is 10.5. The minimum absolute atomic E-state index is 0.398. The number of pyridine rings is 1. The normalized spacial score (nSPS) is 10.8. The highest BCUT2D eigenvalue weighted by Crippen LogP contribution is 2.06. The van der Waals surface area contributed by atoms with E-state index in [4.69, 9.17) is 4.74 Å². The quantitative estimate of drug-likeness (QED) is 0.786. The molecule has 0 spiro atoms. The van der Waals surface area contributed by atoms with Crippen LogP contribution in [0.15, 0.2) is 24.5 Å². The summed E-state index contributed by atoms with van der Waals surface area (Å²) in [7, 11) is 0. The van der Waals surface area contributed by atoms with Gasteiger partial charge in [0, 0.05) is 25.5 Å². The number of hydrogen-bond acceptors (Lipinski definition) is 4. The summed E-state index contributed by atoms with van der Waals surface area (Å²) in [4.78, 5) is 15.3. The van der Waals surface area contributed by atoms with E-state index < -0.39 is 11.7 Å². The Bertz CT molecular complexity index is 347. The number of ether oxygens (including phenoxy) is 1. The Morgan fingerprint density at radius 3 is 2.76 bits per heavy atom. The second kappa shape index (κ2) is 6.08. The molecular weight excluding hydrogens is 218 g/mol. The summed E-state index contributed by atoms with van der Waals surface area (Å²) in [6.07, 6.45) is 3.04. The molecule has 0 saturated heterocycles. The van der Waals surface area contributed by atoms with E-state index in [1.54, 1.807) is 12.4 Å². The molecule has 5 nitrogen and oxygen atoms in total. The maximum absolute atomic E-state index is 11.3. The Morgan fingerprint density at radius 2 is 2.18 bits per heavy atom. The fourth-order valence-corrected chi connectivity index (χ4v) is 1.15. The van der Waals surface area contributed by atoms with Crippen molar-refractivity contribution in [1.29, 1.82) is 0 Å². The molecule has 1 heterocycles. The van der Waals surface area contributed by atoms with Gasteiger partial charge in [0.05, 0.1) is 5.69 Å². The molecule has 5 heteroatoms. The minimum Gasteiger partial charge on any atom is -0.444 e. The lowest BCUT2D eigenvalue weighted by Gasteiger charge is -2.19. The lowest BCUT2D eigenvalue weighted by atomic mass is 10.2. The monoisotopic (exact) mass is 237 g/mol.